The van der Waals surface area contributed by atoms with Crippen molar-refractivity contribution in [1.82, 2.24) is 4.90 Å². The molecule has 0 saturated carbocycles. The van der Waals surface area contributed by atoms with Crippen molar-refractivity contribution in [2.24, 2.45) is 11.5 Å². The van der Waals surface area contributed by atoms with Gasteiger partial charge >= 0.3 is 6.03 Å². The molecule has 0 bridgehead atoms. The molecule has 0 spiro atoms. The maximum Gasteiger partial charge on any atom is 0.315 e. The summed E-state index contributed by atoms with van der Waals surface area (Å²) in [5.41, 5.74) is 11.8. The average Bonchev–Trinajstić information content (AvgIpc) is 2.84. The van der Waals surface area contributed by atoms with Crippen LogP contribution in [-0.2, 0) is 10.3 Å². The van der Waals surface area contributed by atoms with Crippen LogP contribution in [0.1, 0.15) is 43.7 Å². The summed E-state index contributed by atoms with van der Waals surface area (Å²) in [5, 5.41) is 0. The van der Waals surface area contributed by atoms with Crippen molar-refractivity contribution in [3.8, 4) is 0 Å². The molecule has 3 amide bonds. The first-order chi connectivity index (χ1) is 9.39. The second-order valence-corrected chi connectivity index (χ2v) is 5.59. The molecule has 20 heavy (non-hydrogen) atoms. The van der Waals surface area contributed by atoms with E-state index >= 15 is 0 Å². The van der Waals surface area contributed by atoms with E-state index in [-0.39, 0.29) is 0 Å². The lowest BCUT2D eigenvalue weighted by Gasteiger charge is -2.35. The zero-order valence-corrected chi connectivity index (χ0v) is 11.9. The molecule has 1 aliphatic heterocycles. The van der Waals surface area contributed by atoms with Gasteiger partial charge in [0.15, 0.2) is 0 Å². The summed E-state index contributed by atoms with van der Waals surface area (Å²) in [6.07, 6.45) is 1.24. The molecule has 1 aromatic rings. The first-order valence-corrected chi connectivity index (χ1v) is 6.87. The highest BCUT2D eigenvalue weighted by Gasteiger charge is 2.49. The van der Waals surface area contributed by atoms with Crippen molar-refractivity contribution >= 4 is 11.9 Å². The van der Waals surface area contributed by atoms with Gasteiger partial charge in [0, 0.05) is 6.54 Å². The van der Waals surface area contributed by atoms with Crippen molar-refractivity contribution in [2.75, 3.05) is 6.54 Å². The number of carbonyl (C=O) groups excluding carboxylic acids is 2. The standard InChI is InChI=1S/C15H21N3O2/c1-10(2)11-4-6-12(7-5-11)15(13(16)19)8-3-9-18(15)14(17)20/h4-7,10H,3,8-9H2,1-2H3,(H2,16,19)(H2,17,20). The van der Waals surface area contributed by atoms with Gasteiger partial charge in [-0.25, -0.2) is 4.79 Å². The van der Waals surface area contributed by atoms with Gasteiger partial charge in [-0.1, -0.05) is 38.1 Å². The number of carbonyl (C=O) groups is 2. The third-order valence-electron chi connectivity index (χ3n) is 4.11. The van der Waals surface area contributed by atoms with Crippen LogP contribution >= 0.6 is 0 Å². The number of hydrogen-bond acceptors (Lipinski definition) is 2. The molecule has 1 heterocycles. The quantitative estimate of drug-likeness (QED) is 0.878. The Labute approximate surface area is 118 Å². The Balaban J connectivity index is 2.48. The van der Waals surface area contributed by atoms with E-state index in [1.807, 2.05) is 24.3 Å². The smallest absolute Gasteiger partial charge is 0.315 e. The molecule has 5 heteroatoms. The number of amides is 3. The van der Waals surface area contributed by atoms with Crippen LogP contribution in [0.5, 0.6) is 0 Å². The Morgan fingerprint density at radius 2 is 1.80 bits per heavy atom. The van der Waals surface area contributed by atoms with Crippen molar-refractivity contribution < 1.29 is 9.59 Å². The molecule has 1 saturated heterocycles. The Bertz CT molecular complexity index is 524. The van der Waals surface area contributed by atoms with Crippen LogP contribution in [0, 0.1) is 0 Å². The van der Waals surface area contributed by atoms with E-state index in [9.17, 15) is 9.59 Å². The number of benzene rings is 1. The molecular formula is C15H21N3O2. The Morgan fingerprint density at radius 1 is 1.20 bits per heavy atom. The van der Waals surface area contributed by atoms with Gasteiger partial charge in [0.25, 0.3) is 0 Å². The van der Waals surface area contributed by atoms with Crippen molar-refractivity contribution in [2.45, 2.75) is 38.1 Å². The van der Waals surface area contributed by atoms with Crippen molar-refractivity contribution in [1.29, 1.82) is 0 Å². The summed E-state index contributed by atoms with van der Waals surface area (Å²) >= 11 is 0. The Hall–Kier alpha value is -2.04. The third kappa shape index (κ3) is 2.13. The molecular weight excluding hydrogens is 254 g/mol. The van der Waals surface area contributed by atoms with E-state index in [1.54, 1.807) is 0 Å². The number of likely N-dealkylation sites (tertiary alicyclic amines) is 1. The minimum atomic E-state index is -1.10. The first kappa shape index (κ1) is 14.4. The van der Waals surface area contributed by atoms with Gasteiger partial charge < -0.3 is 16.4 Å². The van der Waals surface area contributed by atoms with Crippen LogP contribution in [0.2, 0.25) is 0 Å². The van der Waals surface area contributed by atoms with E-state index < -0.39 is 17.5 Å². The monoisotopic (exact) mass is 275 g/mol. The summed E-state index contributed by atoms with van der Waals surface area (Å²) in [4.78, 5) is 25.0. The highest BCUT2D eigenvalue weighted by atomic mass is 16.2. The Morgan fingerprint density at radius 3 is 2.25 bits per heavy atom. The molecule has 1 atom stereocenters. The minimum Gasteiger partial charge on any atom is -0.367 e. The van der Waals surface area contributed by atoms with Gasteiger partial charge in [-0.3, -0.25) is 4.79 Å². The number of nitrogens with two attached hydrogens (primary N) is 2. The average molecular weight is 275 g/mol. The lowest BCUT2D eigenvalue weighted by atomic mass is 9.85. The third-order valence-corrected chi connectivity index (χ3v) is 4.11. The molecule has 0 aromatic heterocycles. The lowest BCUT2D eigenvalue weighted by Crippen LogP contribution is -2.55. The van der Waals surface area contributed by atoms with Crippen LogP contribution < -0.4 is 11.5 Å². The zero-order chi connectivity index (χ0) is 14.9. The molecule has 108 valence electrons. The van der Waals surface area contributed by atoms with Crippen LogP contribution in [-0.4, -0.2) is 23.4 Å². The van der Waals surface area contributed by atoms with Crippen LogP contribution in [0.3, 0.4) is 0 Å². The first-order valence-electron chi connectivity index (χ1n) is 6.87. The predicted octanol–water partition coefficient (Wildman–Crippen LogP) is 1.67. The SMILES string of the molecule is CC(C)c1ccc(C2(C(N)=O)CCCN2C(N)=O)cc1. The second-order valence-electron chi connectivity index (χ2n) is 5.59. The fourth-order valence-corrected chi connectivity index (χ4v) is 2.96. The van der Waals surface area contributed by atoms with Gasteiger partial charge in [0.05, 0.1) is 0 Å². The maximum atomic E-state index is 12.0. The number of rotatable bonds is 3. The van der Waals surface area contributed by atoms with E-state index in [0.29, 0.717) is 18.9 Å². The number of primary amides is 2. The summed E-state index contributed by atoms with van der Waals surface area (Å²) < 4.78 is 0. The van der Waals surface area contributed by atoms with Gasteiger partial charge in [-0.15, -0.1) is 0 Å². The molecule has 2 rings (SSSR count). The zero-order valence-electron chi connectivity index (χ0n) is 11.9. The van der Waals surface area contributed by atoms with Gasteiger partial charge in [0.1, 0.15) is 5.54 Å². The fraction of sp³-hybridized carbons (Fsp3) is 0.467. The second kappa shape index (κ2) is 5.15. The summed E-state index contributed by atoms with van der Waals surface area (Å²) in [5.74, 6) is -0.115. The number of hydrogen-bond donors (Lipinski definition) is 2. The number of urea groups is 1. The summed E-state index contributed by atoms with van der Waals surface area (Å²) in [6, 6.07) is 7.10. The van der Waals surface area contributed by atoms with Crippen molar-refractivity contribution in [3.05, 3.63) is 35.4 Å². The minimum absolute atomic E-state index is 0.407. The largest absolute Gasteiger partial charge is 0.367 e. The maximum absolute atomic E-state index is 12.0. The van der Waals surface area contributed by atoms with E-state index in [0.717, 1.165) is 12.0 Å². The fourth-order valence-electron chi connectivity index (χ4n) is 2.96. The molecule has 0 radical (unpaired) electrons. The molecule has 1 aliphatic rings. The molecule has 0 aliphatic carbocycles. The summed E-state index contributed by atoms with van der Waals surface area (Å²) in [6.45, 7) is 4.67. The summed E-state index contributed by atoms with van der Waals surface area (Å²) in [7, 11) is 0. The molecule has 1 aromatic carbocycles. The van der Waals surface area contributed by atoms with Crippen molar-refractivity contribution in [3.63, 3.8) is 0 Å². The predicted molar refractivity (Wildman–Crippen MR) is 76.9 cm³/mol. The lowest BCUT2D eigenvalue weighted by molar-refractivity contribution is -0.127. The highest BCUT2D eigenvalue weighted by Crippen LogP contribution is 2.39. The van der Waals surface area contributed by atoms with E-state index in [2.05, 4.69) is 13.8 Å². The molecule has 4 N–H and O–H groups in total. The molecule has 1 unspecified atom stereocenters. The number of nitrogens with zero attached hydrogens (tertiary/aromatic N) is 1. The normalized spacial score (nSPS) is 22.2. The van der Waals surface area contributed by atoms with E-state index in [1.165, 1.54) is 10.5 Å². The highest BCUT2D eigenvalue weighted by molar-refractivity contribution is 5.91. The van der Waals surface area contributed by atoms with Gasteiger partial charge in [-0.05, 0) is 29.9 Å². The van der Waals surface area contributed by atoms with E-state index in [4.69, 9.17) is 11.5 Å². The topological polar surface area (TPSA) is 89.4 Å². The molecule has 1 fully saturated rings. The van der Waals surface area contributed by atoms with Gasteiger partial charge in [-0.2, -0.15) is 0 Å². The molecule has 5 nitrogen and oxygen atoms in total. The van der Waals surface area contributed by atoms with Crippen LogP contribution in [0.4, 0.5) is 4.79 Å². The van der Waals surface area contributed by atoms with Crippen LogP contribution in [0.25, 0.3) is 0 Å². The van der Waals surface area contributed by atoms with Crippen LogP contribution in [0.15, 0.2) is 24.3 Å². The Kier molecular flexibility index (Phi) is 3.70. The van der Waals surface area contributed by atoms with Gasteiger partial charge in [0.2, 0.25) is 5.91 Å².